The van der Waals surface area contributed by atoms with Gasteiger partial charge in [-0.3, -0.25) is 0 Å². The van der Waals surface area contributed by atoms with Crippen molar-refractivity contribution < 1.29 is 13.2 Å². The minimum Gasteiger partial charge on any atom is -0.166 e. The lowest BCUT2D eigenvalue weighted by molar-refractivity contribution is -0.138. The molecule has 4 heteroatoms. The van der Waals surface area contributed by atoms with Crippen LogP contribution in [-0.2, 0) is 6.18 Å². The van der Waals surface area contributed by atoms with E-state index in [2.05, 4.69) is 0 Å². The third-order valence-electron chi connectivity index (χ3n) is 2.75. The Morgan fingerprint density at radius 1 is 1.19 bits per heavy atom. The zero-order valence-corrected chi connectivity index (χ0v) is 9.99. The second-order valence-corrected chi connectivity index (χ2v) is 4.18. The van der Waals surface area contributed by atoms with Crippen molar-refractivity contribution in [2.45, 2.75) is 38.8 Å². The third kappa shape index (κ3) is 2.91. The summed E-state index contributed by atoms with van der Waals surface area (Å²) >= 11 is 5.61. The molecule has 0 aliphatic rings. The van der Waals surface area contributed by atoms with Crippen molar-refractivity contribution in [2.75, 3.05) is 0 Å². The number of alkyl halides is 3. The largest absolute Gasteiger partial charge is 0.416 e. The van der Waals surface area contributed by atoms with Crippen LogP contribution in [0.1, 0.15) is 43.7 Å². The highest BCUT2D eigenvalue weighted by molar-refractivity contribution is 6.30. The van der Waals surface area contributed by atoms with Gasteiger partial charge in [-0.25, -0.2) is 0 Å². The maximum absolute atomic E-state index is 12.8. The molecular weight excluding hydrogens is 237 g/mol. The Morgan fingerprint density at radius 3 is 2.19 bits per heavy atom. The summed E-state index contributed by atoms with van der Waals surface area (Å²) < 4.78 is 38.4. The molecule has 0 N–H and O–H groups in total. The molecule has 0 heterocycles. The number of rotatable bonds is 3. The van der Waals surface area contributed by atoms with Crippen molar-refractivity contribution in [3.8, 4) is 0 Å². The summed E-state index contributed by atoms with van der Waals surface area (Å²) in [5, 5.41) is 0.127. The topological polar surface area (TPSA) is 0 Å². The first-order valence-electron chi connectivity index (χ1n) is 5.26. The van der Waals surface area contributed by atoms with E-state index in [9.17, 15) is 13.2 Å². The van der Waals surface area contributed by atoms with E-state index in [1.165, 1.54) is 12.1 Å². The van der Waals surface area contributed by atoms with E-state index in [4.69, 9.17) is 11.6 Å². The van der Waals surface area contributed by atoms with Crippen molar-refractivity contribution in [3.63, 3.8) is 0 Å². The highest BCUT2D eigenvalue weighted by Gasteiger charge is 2.34. The highest BCUT2D eigenvalue weighted by atomic mass is 35.5. The normalized spacial score (nSPS) is 12.2. The van der Waals surface area contributed by atoms with Gasteiger partial charge in [0, 0.05) is 5.02 Å². The summed E-state index contributed by atoms with van der Waals surface area (Å²) in [6.07, 6.45) is -2.94. The summed E-state index contributed by atoms with van der Waals surface area (Å²) in [6, 6.07) is 4.02. The molecule has 0 saturated heterocycles. The Balaban J connectivity index is 3.27. The standard InChI is InChI=1S/C12H14ClF3/c1-3-8(4-2)10-6-5-9(13)7-11(10)12(14,15)16/h5-8H,3-4H2,1-2H3. The van der Waals surface area contributed by atoms with Gasteiger partial charge in [-0.2, -0.15) is 13.2 Å². The lowest BCUT2D eigenvalue weighted by Crippen LogP contribution is -2.11. The van der Waals surface area contributed by atoms with Gasteiger partial charge in [0.05, 0.1) is 5.56 Å². The molecule has 0 fully saturated rings. The molecule has 0 bridgehead atoms. The van der Waals surface area contributed by atoms with Gasteiger partial charge in [0.25, 0.3) is 0 Å². The summed E-state index contributed by atoms with van der Waals surface area (Å²) in [6.45, 7) is 3.78. The molecule has 0 aromatic heterocycles. The van der Waals surface area contributed by atoms with Crippen LogP contribution >= 0.6 is 11.6 Å². The van der Waals surface area contributed by atoms with Crippen LogP contribution in [0.2, 0.25) is 5.02 Å². The molecule has 90 valence electrons. The second-order valence-electron chi connectivity index (χ2n) is 3.74. The molecule has 0 unspecified atom stereocenters. The molecule has 0 aliphatic carbocycles. The van der Waals surface area contributed by atoms with Gasteiger partial charge in [-0.15, -0.1) is 0 Å². The van der Waals surface area contributed by atoms with Crippen molar-refractivity contribution in [3.05, 3.63) is 34.3 Å². The first-order valence-corrected chi connectivity index (χ1v) is 5.64. The van der Waals surface area contributed by atoms with Gasteiger partial charge in [0.1, 0.15) is 0 Å². The van der Waals surface area contributed by atoms with E-state index >= 15 is 0 Å². The fraction of sp³-hybridized carbons (Fsp3) is 0.500. The zero-order chi connectivity index (χ0) is 12.3. The Bertz CT molecular complexity index is 354. The molecular formula is C12H14ClF3. The highest BCUT2D eigenvalue weighted by Crippen LogP contribution is 2.38. The molecule has 0 radical (unpaired) electrons. The van der Waals surface area contributed by atoms with Gasteiger partial charge >= 0.3 is 6.18 Å². The molecule has 0 atom stereocenters. The average Bonchev–Trinajstić information content (AvgIpc) is 2.20. The van der Waals surface area contributed by atoms with Crippen molar-refractivity contribution in [1.82, 2.24) is 0 Å². The molecule has 0 aliphatic heterocycles. The van der Waals surface area contributed by atoms with Crippen LogP contribution in [0.3, 0.4) is 0 Å². The van der Waals surface area contributed by atoms with E-state index in [-0.39, 0.29) is 10.9 Å². The summed E-state index contributed by atoms with van der Waals surface area (Å²) in [5.41, 5.74) is -0.254. The summed E-state index contributed by atoms with van der Waals surface area (Å²) in [4.78, 5) is 0. The van der Waals surface area contributed by atoms with E-state index in [0.717, 1.165) is 6.07 Å². The molecule has 0 saturated carbocycles. The summed E-state index contributed by atoms with van der Waals surface area (Å²) in [5.74, 6) is -0.0612. The van der Waals surface area contributed by atoms with Crippen LogP contribution < -0.4 is 0 Å². The van der Waals surface area contributed by atoms with Gasteiger partial charge in [0.15, 0.2) is 0 Å². The van der Waals surface area contributed by atoms with Crippen LogP contribution in [0.5, 0.6) is 0 Å². The zero-order valence-electron chi connectivity index (χ0n) is 9.24. The van der Waals surface area contributed by atoms with Crippen LogP contribution in [0.4, 0.5) is 13.2 Å². The van der Waals surface area contributed by atoms with E-state index < -0.39 is 11.7 Å². The minimum absolute atomic E-state index is 0.0612. The minimum atomic E-state index is -4.33. The van der Waals surface area contributed by atoms with E-state index in [1.807, 2.05) is 13.8 Å². The quantitative estimate of drug-likeness (QED) is 0.686. The van der Waals surface area contributed by atoms with Gasteiger partial charge < -0.3 is 0 Å². The van der Waals surface area contributed by atoms with Crippen LogP contribution in [-0.4, -0.2) is 0 Å². The van der Waals surface area contributed by atoms with Crippen LogP contribution in [0.15, 0.2) is 18.2 Å². The van der Waals surface area contributed by atoms with E-state index in [0.29, 0.717) is 18.4 Å². The molecule has 1 rings (SSSR count). The van der Waals surface area contributed by atoms with E-state index in [1.54, 1.807) is 0 Å². The van der Waals surface area contributed by atoms with Crippen molar-refractivity contribution >= 4 is 11.6 Å². The maximum Gasteiger partial charge on any atom is 0.416 e. The lowest BCUT2D eigenvalue weighted by Gasteiger charge is -2.19. The molecule has 1 aromatic rings. The predicted octanol–water partition coefficient (Wildman–Crippen LogP) is 5.26. The molecule has 1 aromatic carbocycles. The lowest BCUT2D eigenvalue weighted by atomic mass is 9.90. The Labute approximate surface area is 98.4 Å². The van der Waals surface area contributed by atoms with Crippen LogP contribution in [0.25, 0.3) is 0 Å². The van der Waals surface area contributed by atoms with Gasteiger partial charge in [-0.05, 0) is 36.5 Å². The first-order chi connectivity index (χ1) is 7.40. The molecule has 0 nitrogen and oxygen atoms in total. The Kier molecular flexibility index (Phi) is 4.25. The number of benzene rings is 1. The smallest absolute Gasteiger partial charge is 0.166 e. The molecule has 0 spiro atoms. The van der Waals surface area contributed by atoms with Gasteiger partial charge in [-0.1, -0.05) is 31.5 Å². The Hall–Kier alpha value is -0.700. The fourth-order valence-corrected chi connectivity index (χ4v) is 2.03. The average molecular weight is 251 g/mol. The second kappa shape index (κ2) is 5.09. The Morgan fingerprint density at radius 2 is 1.75 bits per heavy atom. The SMILES string of the molecule is CCC(CC)c1ccc(Cl)cc1C(F)(F)F. The van der Waals surface area contributed by atoms with Crippen molar-refractivity contribution in [2.24, 2.45) is 0 Å². The van der Waals surface area contributed by atoms with Gasteiger partial charge in [0.2, 0.25) is 0 Å². The summed E-state index contributed by atoms with van der Waals surface area (Å²) in [7, 11) is 0. The fourth-order valence-electron chi connectivity index (χ4n) is 1.86. The predicted molar refractivity (Wildman–Crippen MR) is 59.8 cm³/mol. The maximum atomic E-state index is 12.8. The van der Waals surface area contributed by atoms with Crippen LogP contribution in [0, 0.1) is 0 Å². The number of hydrogen-bond acceptors (Lipinski definition) is 0. The third-order valence-corrected chi connectivity index (χ3v) is 2.98. The monoisotopic (exact) mass is 250 g/mol. The molecule has 16 heavy (non-hydrogen) atoms. The molecule has 0 amide bonds. The first kappa shape index (κ1) is 13.4. The number of hydrogen-bond donors (Lipinski definition) is 0. The van der Waals surface area contributed by atoms with Crippen molar-refractivity contribution in [1.29, 1.82) is 0 Å². The number of halogens is 4.